The van der Waals surface area contributed by atoms with E-state index in [-0.39, 0.29) is 10.4 Å². The lowest BCUT2D eigenvalue weighted by Crippen LogP contribution is -2.22. The van der Waals surface area contributed by atoms with Gasteiger partial charge in [-0.25, -0.2) is 9.78 Å². The molecule has 0 aromatic carbocycles. The van der Waals surface area contributed by atoms with E-state index in [9.17, 15) is 9.59 Å². The Hall–Kier alpha value is -1.47. The second kappa shape index (κ2) is 5.26. The first-order valence-corrected chi connectivity index (χ1v) is 7.05. The van der Waals surface area contributed by atoms with Crippen molar-refractivity contribution in [2.24, 2.45) is 0 Å². The van der Waals surface area contributed by atoms with E-state index in [4.69, 9.17) is 5.11 Å². The van der Waals surface area contributed by atoms with Crippen LogP contribution in [0.1, 0.15) is 25.8 Å². The average molecular weight is 343 g/mol. The number of rotatable bonds is 3. The van der Waals surface area contributed by atoms with Gasteiger partial charge < -0.3 is 5.11 Å². The van der Waals surface area contributed by atoms with Crippen molar-refractivity contribution in [3.8, 4) is 0 Å². The molecule has 0 aliphatic rings. The van der Waals surface area contributed by atoms with Gasteiger partial charge in [0, 0.05) is 4.88 Å². The van der Waals surface area contributed by atoms with Crippen LogP contribution in [0.4, 0.5) is 0 Å². The summed E-state index contributed by atoms with van der Waals surface area (Å²) in [6.07, 6.45) is 1.47. The third-order valence-electron chi connectivity index (χ3n) is 2.73. The van der Waals surface area contributed by atoms with Crippen molar-refractivity contribution >= 4 is 33.2 Å². The van der Waals surface area contributed by atoms with E-state index in [0.717, 1.165) is 10.4 Å². The van der Waals surface area contributed by atoms with E-state index in [0.29, 0.717) is 16.7 Å². The van der Waals surface area contributed by atoms with Gasteiger partial charge in [0.25, 0.3) is 5.56 Å². The van der Waals surface area contributed by atoms with Gasteiger partial charge in [-0.2, -0.15) is 0 Å². The van der Waals surface area contributed by atoms with Gasteiger partial charge in [-0.05, 0) is 41.4 Å². The number of halogens is 1. The zero-order chi connectivity index (χ0) is 14.2. The third kappa shape index (κ3) is 2.76. The molecule has 1 N–H and O–H groups in total. The van der Waals surface area contributed by atoms with Crippen molar-refractivity contribution in [1.82, 2.24) is 9.55 Å². The molecule has 0 saturated heterocycles. The second-order valence-electron chi connectivity index (χ2n) is 4.07. The van der Waals surface area contributed by atoms with Crippen LogP contribution in [0.5, 0.6) is 0 Å². The molecule has 100 valence electrons. The van der Waals surface area contributed by atoms with Gasteiger partial charge in [0.05, 0.1) is 18.6 Å². The smallest absolute Gasteiger partial charge is 0.345 e. The summed E-state index contributed by atoms with van der Waals surface area (Å²) >= 11 is 4.41. The fraction of sp³-hybridized carbons (Fsp3) is 0.250. The van der Waals surface area contributed by atoms with Crippen molar-refractivity contribution in [3.63, 3.8) is 0 Å². The van der Waals surface area contributed by atoms with Crippen LogP contribution in [0.25, 0.3) is 0 Å². The van der Waals surface area contributed by atoms with Crippen molar-refractivity contribution in [1.29, 1.82) is 0 Å². The SMILES string of the molecule is Cc1ncn(Cc2cc(C(=O)O)sc2C)c(=O)c1Br. The fourth-order valence-electron chi connectivity index (χ4n) is 1.62. The molecule has 0 bridgehead atoms. The normalized spacial score (nSPS) is 10.7. The fourth-order valence-corrected chi connectivity index (χ4v) is 2.83. The van der Waals surface area contributed by atoms with Crippen molar-refractivity contribution in [2.75, 3.05) is 0 Å². The number of hydrogen-bond donors (Lipinski definition) is 1. The van der Waals surface area contributed by atoms with Crippen LogP contribution >= 0.6 is 27.3 Å². The summed E-state index contributed by atoms with van der Waals surface area (Å²) in [5, 5.41) is 8.95. The van der Waals surface area contributed by atoms with Gasteiger partial charge in [-0.15, -0.1) is 11.3 Å². The standard InChI is InChI=1S/C12H11BrN2O3S/c1-6-10(13)11(16)15(5-14-6)4-8-3-9(12(17)18)19-7(8)2/h3,5H,4H2,1-2H3,(H,17,18). The third-order valence-corrected chi connectivity index (χ3v) is 4.72. The topological polar surface area (TPSA) is 72.2 Å². The Balaban J connectivity index is 2.39. The minimum Gasteiger partial charge on any atom is -0.477 e. The molecule has 0 amide bonds. The minimum atomic E-state index is -0.949. The zero-order valence-corrected chi connectivity index (χ0v) is 12.7. The lowest BCUT2D eigenvalue weighted by molar-refractivity contribution is 0.0702. The average Bonchev–Trinajstić information content (AvgIpc) is 2.72. The summed E-state index contributed by atoms with van der Waals surface area (Å²) < 4.78 is 1.89. The summed E-state index contributed by atoms with van der Waals surface area (Å²) in [4.78, 5) is 28.2. The molecule has 0 aliphatic carbocycles. The number of aryl methyl sites for hydroxylation is 2. The monoisotopic (exact) mass is 342 g/mol. The molecule has 2 rings (SSSR count). The maximum absolute atomic E-state index is 12.0. The molecule has 0 atom stereocenters. The number of aromatic nitrogens is 2. The van der Waals surface area contributed by atoms with Crippen LogP contribution in [0, 0.1) is 13.8 Å². The summed E-state index contributed by atoms with van der Waals surface area (Å²) in [6.45, 7) is 3.91. The summed E-state index contributed by atoms with van der Waals surface area (Å²) in [5.74, 6) is -0.949. The first-order chi connectivity index (χ1) is 8.90. The Morgan fingerprint density at radius 2 is 2.21 bits per heavy atom. The molecule has 0 unspecified atom stereocenters. The Kier molecular flexibility index (Phi) is 3.86. The maximum atomic E-state index is 12.0. The molecule has 0 radical (unpaired) electrons. The lowest BCUT2D eigenvalue weighted by Gasteiger charge is -2.06. The molecule has 2 heterocycles. The number of hydrogen-bond acceptors (Lipinski definition) is 4. The molecule has 0 fully saturated rings. The molecule has 0 saturated carbocycles. The molecular weight excluding hydrogens is 332 g/mol. The van der Waals surface area contributed by atoms with Gasteiger partial charge in [0.1, 0.15) is 9.35 Å². The van der Waals surface area contributed by atoms with Crippen molar-refractivity contribution in [2.45, 2.75) is 20.4 Å². The van der Waals surface area contributed by atoms with E-state index >= 15 is 0 Å². The predicted octanol–water partition coefficient (Wildman–Crippen LogP) is 2.43. The number of carboxylic acids is 1. The largest absolute Gasteiger partial charge is 0.477 e. The lowest BCUT2D eigenvalue weighted by atomic mass is 10.2. The van der Waals surface area contributed by atoms with Gasteiger partial charge in [-0.3, -0.25) is 9.36 Å². The van der Waals surface area contributed by atoms with Gasteiger partial charge >= 0.3 is 5.97 Å². The molecule has 7 heteroatoms. The zero-order valence-electron chi connectivity index (χ0n) is 10.3. The van der Waals surface area contributed by atoms with Crippen molar-refractivity contribution in [3.05, 3.63) is 48.2 Å². The molecule has 0 spiro atoms. The molecular formula is C12H11BrN2O3S. The molecule has 0 aliphatic heterocycles. The van der Waals surface area contributed by atoms with Crippen LogP contribution in [0.2, 0.25) is 0 Å². The van der Waals surface area contributed by atoms with Crippen LogP contribution in [0.3, 0.4) is 0 Å². The molecule has 2 aromatic heterocycles. The summed E-state index contributed by atoms with van der Waals surface area (Å²) in [6, 6.07) is 1.60. The van der Waals surface area contributed by atoms with Gasteiger partial charge in [0.15, 0.2) is 0 Å². The summed E-state index contributed by atoms with van der Waals surface area (Å²) in [7, 11) is 0. The number of thiophene rings is 1. The van der Waals surface area contributed by atoms with Gasteiger partial charge in [-0.1, -0.05) is 0 Å². The quantitative estimate of drug-likeness (QED) is 0.929. The summed E-state index contributed by atoms with van der Waals surface area (Å²) in [5.41, 5.74) is 1.28. The second-order valence-corrected chi connectivity index (χ2v) is 6.12. The highest BCUT2D eigenvalue weighted by atomic mass is 79.9. The Morgan fingerprint density at radius 1 is 1.53 bits per heavy atom. The Morgan fingerprint density at radius 3 is 2.79 bits per heavy atom. The first-order valence-electron chi connectivity index (χ1n) is 5.44. The van der Waals surface area contributed by atoms with Crippen LogP contribution < -0.4 is 5.56 Å². The van der Waals surface area contributed by atoms with Gasteiger partial charge in [0.2, 0.25) is 0 Å². The molecule has 5 nitrogen and oxygen atoms in total. The van der Waals surface area contributed by atoms with E-state index in [1.54, 1.807) is 13.0 Å². The van der Waals surface area contributed by atoms with E-state index in [1.807, 2.05) is 6.92 Å². The van der Waals surface area contributed by atoms with E-state index in [1.165, 1.54) is 22.2 Å². The Bertz CT molecular complexity index is 705. The van der Waals surface area contributed by atoms with E-state index < -0.39 is 5.97 Å². The highest BCUT2D eigenvalue weighted by Gasteiger charge is 2.13. The number of carbonyl (C=O) groups is 1. The van der Waals surface area contributed by atoms with Crippen LogP contribution in [-0.2, 0) is 6.54 Å². The van der Waals surface area contributed by atoms with E-state index in [2.05, 4.69) is 20.9 Å². The maximum Gasteiger partial charge on any atom is 0.345 e. The number of carboxylic acid groups (broad SMARTS) is 1. The number of aromatic carboxylic acids is 1. The highest BCUT2D eigenvalue weighted by molar-refractivity contribution is 9.10. The predicted molar refractivity (Wildman–Crippen MR) is 76.1 cm³/mol. The highest BCUT2D eigenvalue weighted by Crippen LogP contribution is 2.22. The van der Waals surface area contributed by atoms with Crippen molar-refractivity contribution < 1.29 is 9.90 Å². The minimum absolute atomic E-state index is 0.171. The first kappa shape index (κ1) is 14.0. The van der Waals surface area contributed by atoms with Crippen LogP contribution in [-0.4, -0.2) is 20.6 Å². The molecule has 2 aromatic rings. The number of nitrogens with zero attached hydrogens (tertiary/aromatic N) is 2. The Labute approximate surface area is 121 Å². The van der Waals surface area contributed by atoms with Crippen LogP contribution in [0.15, 0.2) is 21.7 Å². The molecule has 19 heavy (non-hydrogen) atoms.